The number of aryl methyl sites for hydroxylation is 2. The molecule has 0 saturated carbocycles. The van der Waals surface area contributed by atoms with E-state index in [2.05, 4.69) is 10.2 Å². The van der Waals surface area contributed by atoms with Gasteiger partial charge in [-0.05, 0) is 44.9 Å². The molecule has 0 bridgehead atoms. The van der Waals surface area contributed by atoms with Gasteiger partial charge in [0.1, 0.15) is 5.82 Å². The molecule has 0 aliphatic heterocycles. The molecule has 30 heavy (non-hydrogen) atoms. The number of para-hydroxylation sites is 1. The number of aromatic nitrogens is 3. The molecule has 1 unspecified atom stereocenters. The fourth-order valence-corrected chi connectivity index (χ4v) is 5.29. The van der Waals surface area contributed by atoms with E-state index in [1.54, 1.807) is 37.3 Å². The minimum Gasteiger partial charge on any atom is -0.342 e. The van der Waals surface area contributed by atoms with Crippen molar-refractivity contribution in [2.45, 2.75) is 38.1 Å². The number of benzene rings is 2. The van der Waals surface area contributed by atoms with E-state index in [1.165, 1.54) is 9.47 Å². The molecular formula is C22H26N4O3S. The Labute approximate surface area is 177 Å². The minimum atomic E-state index is -4.20. The van der Waals surface area contributed by atoms with Gasteiger partial charge in [-0.2, -0.15) is 0 Å². The van der Waals surface area contributed by atoms with E-state index >= 15 is 0 Å². The molecule has 0 fully saturated rings. The Morgan fingerprint density at radius 2 is 1.57 bits per heavy atom. The van der Waals surface area contributed by atoms with Crippen molar-refractivity contribution in [2.75, 3.05) is 13.1 Å². The van der Waals surface area contributed by atoms with Crippen LogP contribution >= 0.6 is 0 Å². The monoisotopic (exact) mass is 426 g/mol. The van der Waals surface area contributed by atoms with Crippen LogP contribution in [0.3, 0.4) is 0 Å². The van der Waals surface area contributed by atoms with E-state index in [0.717, 1.165) is 5.56 Å². The van der Waals surface area contributed by atoms with Crippen LogP contribution in [0.15, 0.2) is 59.8 Å². The van der Waals surface area contributed by atoms with E-state index in [9.17, 15) is 13.2 Å². The van der Waals surface area contributed by atoms with Crippen molar-refractivity contribution in [1.82, 2.24) is 19.7 Å². The molecule has 1 amide bonds. The summed E-state index contributed by atoms with van der Waals surface area (Å²) in [5.41, 5.74) is 1.95. The average Bonchev–Trinajstić information content (AvgIpc) is 3.12. The van der Waals surface area contributed by atoms with Crippen molar-refractivity contribution in [3.63, 3.8) is 0 Å². The molecule has 0 saturated heterocycles. The van der Waals surface area contributed by atoms with Gasteiger partial charge < -0.3 is 4.90 Å². The van der Waals surface area contributed by atoms with Gasteiger partial charge in [0, 0.05) is 13.1 Å². The molecular weight excluding hydrogens is 400 g/mol. The summed E-state index contributed by atoms with van der Waals surface area (Å²) >= 11 is 0. The number of hydrogen-bond donors (Lipinski definition) is 0. The number of nitrogens with zero attached hydrogens (tertiary/aromatic N) is 4. The summed E-state index contributed by atoms with van der Waals surface area (Å²) in [6.07, 6.45) is 0. The molecule has 7 nitrogen and oxygen atoms in total. The highest BCUT2D eigenvalue weighted by molar-refractivity contribution is 7.92. The number of sulfone groups is 1. The van der Waals surface area contributed by atoms with Crippen LogP contribution < -0.4 is 0 Å². The van der Waals surface area contributed by atoms with Crippen molar-refractivity contribution < 1.29 is 13.2 Å². The highest BCUT2D eigenvalue weighted by Gasteiger charge is 2.41. The summed E-state index contributed by atoms with van der Waals surface area (Å²) in [4.78, 5) is 14.9. The Kier molecular flexibility index (Phi) is 6.36. The van der Waals surface area contributed by atoms with Crippen LogP contribution in [0.5, 0.6) is 0 Å². The lowest BCUT2D eigenvalue weighted by atomic mass is 10.1. The van der Waals surface area contributed by atoms with Gasteiger partial charge >= 0.3 is 0 Å². The van der Waals surface area contributed by atoms with Crippen molar-refractivity contribution >= 4 is 15.7 Å². The van der Waals surface area contributed by atoms with Crippen LogP contribution in [0, 0.1) is 13.8 Å². The first-order valence-electron chi connectivity index (χ1n) is 9.88. The number of rotatable bonds is 7. The molecule has 1 aromatic heterocycles. The van der Waals surface area contributed by atoms with E-state index in [4.69, 9.17) is 0 Å². The largest absolute Gasteiger partial charge is 0.342 e. The van der Waals surface area contributed by atoms with Crippen molar-refractivity contribution in [1.29, 1.82) is 0 Å². The number of likely N-dealkylation sites (N-methyl/N-ethyl adjacent to an activating group) is 1. The van der Waals surface area contributed by atoms with Crippen molar-refractivity contribution in [3.8, 4) is 5.69 Å². The third kappa shape index (κ3) is 3.87. The predicted octanol–water partition coefficient (Wildman–Crippen LogP) is 3.27. The second-order valence-corrected chi connectivity index (χ2v) is 8.92. The van der Waals surface area contributed by atoms with Crippen LogP contribution in [0.2, 0.25) is 0 Å². The summed E-state index contributed by atoms with van der Waals surface area (Å²) in [6.45, 7) is 8.07. The lowest BCUT2D eigenvalue weighted by Gasteiger charge is -2.25. The predicted molar refractivity (Wildman–Crippen MR) is 115 cm³/mol. The summed E-state index contributed by atoms with van der Waals surface area (Å²) in [6, 6.07) is 16.0. The van der Waals surface area contributed by atoms with Gasteiger partial charge in [-0.15, -0.1) is 10.2 Å². The molecule has 2 aromatic carbocycles. The summed E-state index contributed by atoms with van der Waals surface area (Å²) in [5.74, 6) is -0.0341. The molecule has 0 N–H and O–H groups in total. The van der Waals surface area contributed by atoms with Gasteiger partial charge in [0.2, 0.25) is 15.7 Å². The normalized spacial score (nSPS) is 12.5. The second-order valence-electron chi connectivity index (χ2n) is 7.00. The second kappa shape index (κ2) is 8.79. The van der Waals surface area contributed by atoms with Gasteiger partial charge in [0.25, 0.3) is 5.16 Å². The molecule has 8 heteroatoms. The third-order valence-electron chi connectivity index (χ3n) is 5.12. The van der Waals surface area contributed by atoms with Gasteiger partial charge in [0.15, 0.2) is 5.25 Å². The summed E-state index contributed by atoms with van der Waals surface area (Å²) in [5, 5.41) is 6.40. The highest BCUT2D eigenvalue weighted by Crippen LogP contribution is 2.32. The van der Waals surface area contributed by atoms with E-state index in [1.807, 2.05) is 45.0 Å². The number of carbonyl (C=O) groups excluding carboxylic acids is 1. The zero-order valence-corrected chi connectivity index (χ0v) is 18.4. The lowest BCUT2D eigenvalue weighted by molar-refractivity contribution is -0.130. The number of amides is 1. The standard InChI is InChI=1S/C22H26N4O3S/c1-5-25(6-2)21(27)20(18-13-8-7-9-14-18)30(28,29)22-24-23-17(4)26(22)19-15-11-10-12-16(19)3/h7-15,20H,5-6H2,1-4H3. The Morgan fingerprint density at radius 1 is 0.967 bits per heavy atom. The first-order chi connectivity index (χ1) is 14.3. The maximum Gasteiger partial charge on any atom is 0.255 e. The molecule has 0 aliphatic rings. The third-order valence-corrected chi connectivity index (χ3v) is 6.99. The van der Waals surface area contributed by atoms with Gasteiger partial charge in [-0.1, -0.05) is 48.5 Å². The average molecular weight is 427 g/mol. The van der Waals surface area contributed by atoms with Gasteiger partial charge in [-0.3, -0.25) is 9.36 Å². The number of carbonyl (C=O) groups is 1. The first kappa shape index (κ1) is 21.7. The van der Waals surface area contributed by atoms with Crippen molar-refractivity contribution in [2.24, 2.45) is 0 Å². The van der Waals surface area contributed by atoms with Crippen LogP contribution in [0.25, 0.3) is 5.69 Å². The van der Waals surface area contributed by atoms with Gasteiger partial charge in [-0.25, -0.2) is 8.42 Å². The number of hydrogen-bond acceptors (Lipinski definition) is 5. The Balaban J connectivity index is 2.23. The van der Waals surface area contributed by atoms with Gasteiger partial charge in [0.05, 0.1) is 5.69 Å². The quantitative estimate of drug-likeness (QED) is 0.579. The zero-order chi connectivity index (χ0) is 21.9. The summed E-state index contributed by atoms with van der Waals surface area (Å²) in [7, 11) is -4.20. The summed E-state index contributed by atoms with van der Waals surface area (Å²) < 4.78 is 29.2. The molecule has 0 spiro atoms. The fourth-order valence-electron chi connectivity index (χ4n) is 3.51. The van der Waals surface area contributed by atoms with Crippen LogP contribution in [0.4, 0.5) is 0 Å². The highest BCUT2D eigenvalue weighted by atomic mass is 32.2. The van der Waals surface area contributed by atoms with Crippen LogP contribution in [-0.4, -0.2) is 47.1 Å². The molecule has 1 heterocycles. The molecule has 3 rings (SSSR count). The molecule has 1 atom stereocenters. The lowest BCUT2D eigenvalue weighted by Crippen LogP contribution is -2.38. The maximum atomic E-state index is 13.9. The van der Waals surface area contributed by atoms with Crippen LogP contribution in [-0.2, 0) is 14.6 Å². The first-order valence-corrected chi connectivity index (χ1v) is 11.4. The molecule has 0 radical (unpaired) electrons. The fraction of sp³-hybridized carbons (Fsp3) is 0.318. The zero-order valence-electron chi connectivity index (χ0n) is 17.6. The topological polar surface area (TPSA) is 85.2 Å². The Morgan fingerprint density at radius 3 is 2.17 bits per heavy atom. The van der Waals surface area contributed by atoms with E-state index in [0.29, 0.717) is 30.2 Å². The minimum absolute atomic E-state index is 0.233. The Hall–Kier alpha value is -3.00. The van der Waals surface area contributed by atoms with Crippen molar-refractivity contribution in [3.05, 3.63) is 71.5 Å². The SMILES string of the molecule is CCN(CC)C(=O)C(c1ccccc1)S(=O)(=O)c1nnc(C)n1-c1ccccc1C. The van der Waals surface area contributed by atoms with E-state index in [-0.39, 0.29) is 5.16 Å². The maximum absolute atomic E-state index is 13.9. The Bertz CT molecular complexity index is 1140. The molecule has 3 aromatic rings. The van der Waals surface area contributed by atoms with E-state index < -0.39 is 21.0 Å². The van der Waals surface area contributed by atoms with Crippen LogP contribution in [0.1, 0.15) is 36.0 Å². The molecule has 158 valence electrons. The smallest absolute Gasteiger partial charge is 0.255 e. The molecule has 0 aliphatic carbocycles.